The summed E-state index contributed by atoms with van der Waals surface area (Å²) in [6, 6.07) is 11.7. The molecule has 1 aliphatic heterocycles. The number of carbonyl (C=O) groups excluding carboxylic acids is 1. The zero-order chi connectivity index (χ0) is 22.6. The van der Waals surface area contributed by atoms with Crippen LogP contribution in [0.15, 0.2) is 46.4 Å². The van der Waals surface area contributed by atoms with Crippen molar-refractivity contribution >= 4 is 50.2 Å². The van der Waals surface area contributed by atoms with E-state index in [1.54, 1.807) is 6.07 Å². The summed E-state index contributed by atoms with van der Waals surface area (Å²) in [7, 11) is 0. The topological polar surface area (TPSA) is 101 Å². The van der Waals surface area contributed by atoms with Crippen molar-refractivity contribution in [1.29, 1.82) is 0 Å². The maximum absolute atomic E-state index is 13.3. The molecule has 2 fully saturated rings. The van der Waals surface area contributed by atoms with Gasteiger partial charge >= 0.3 is 5.88 Å². The van der Waals surface area contributed by atoms with E-state index in [-0.39, 0.29) is 19.1 Å². The molecular weight excluding hydrogens is 458 g/mol. The van der Waals surface area contributed by atoms with Crippen molar-refractivity contribution in [1.82, 2.24) is 9.99 Å². The van der Waals surface area contributed by atoms with Gasteiger partial charge in [0.05, 0.1) is 12.7 Å². The minimum absolute atomic E-state index is 0.0603. The molecule has 1 saturated carbocycles. The zero-order valence-electron chi connectivity index (χ0n) is 18.1. The van der Waals surface area contributed by atoms with Gasteiger partial charge in [-0.15, -0.1) is 11.8 Å². The Kier molecular flexibility index (Phi) is 6.75. The molecule has 1 aromatic carbocycles. The van der Waals surface area contributed by atoms with Gasteiger partial charge in [-0.1, -0.05) is 12.1 Å². The molecule has 2 aromatic heterocycles. The van der Waals surface area contributed by atoms with Gasteiger partial charge in [0.1, 0.15) is 12.1 Å². The van der Waals surface area contributed by atoms with Gasteiger partial charge in [-0.05, 0) is 55.2 Å². The molecular formula is C23H26N5O3S2+. The monoisotopic (exact) mass is 484 g/mol. The largest absolute Gasteiger partial charge is 0.442 e. The maximum Gasteiger partial charge on any atom is 0.367 e. The number of aliphatic hydroxyl groups excluding tert-OH is 1. The predicted octanol–water partition coefficient (Wildman–Crippen LogP) is 3.17. The Hall–Kier alpha value is -2.69. The number of aromatic amines is 1. The lowest BCUT2D eigenvalue weighted by molar-refractivity contribution is -0.360. The van der Waals surface area contributed by atoms with Crippen molar-refractivity contribution in [2.75, 3.05) is 31.6 Å². The fraction of sp³-hybridized carbons (Fsp3) is 0.391. The maximum atomic E-state index is 13.3. The van der Waals surface area contributed by atoms with Crippen molar-refractivity contribution < 1.29 is 19.6 Å². The van der Waals surface area contributed by atoms with Crippen LogP contribution in [0.2, 0.25) is 0 Å². The fourth-order valence-electron chi connectivity index (χ4n) is 3.54. The average molecular weight is 485 g/mol. The summed E-state index contributed by atoms with van der Waals surface area (Å²) in [5.41, 5.74) is 1.92. The number of fused-ring (bicyclic) bond motifs is 1. The molecule has 0 unspecified atom stereocenters. The first kappa shape index (κ1) is 22.1. The summed E-state index contributed by atoms with van der Waals surface area (Å²) in [6.45, 7) is 1.87. The molecule has 1 saturated heterocycles. The van der Waals surface area contributed by atoms with E-state index in [1.165, 1.54) is 29.1 Å². The molecule has 2 aliphatic rings. The number of amides is 1. The molecule has 1 amide bonds. The number of thioether (sulfide) groups is 1. The number of thiazole rings is 1. The van der Waals surface area contributed by atoms with Crippen LogP contribution in [-0.4, -0.2) is 58.3 Å². The van der Waals surface area contributed by atoms with Crippen LogP contribution in [0.5, 0.6) is 5.88 Å². The van der Waals surface area contributed by atoms with E-state index in [9.17, 15) is 4.79 Å². The van der Waals surface area contributed by atoms with Gasteiger partial charge in [0.15, 0.2) is 10.8 Å². The Bertz CT molecular complexity index is 1150. The van der Waals surface area contributed by atoms with E-state index in [1.807, 2.05) is 35.0 Å². The Morgan fingerprint density at radius 1 is 1.24 bits per heavy atom. The Morgan fingerprint density at radius 3 is 2.76 bits per heavy atom. The van der Waals surface area contributed by atoms with Crippen molar-refractivity contribution in [3.05, 3.63) is 42.0 Å². The second-order valence-corrected chi connectivity index (χ2v) is 10.4. The van der Waals surface area contributed by atoms with Gasteiger partial charge < -0.3 is 9.84 Å². The first-order chi connectivity index (χ1) is 16.2. The molecule has 0 bridgehead atoms. The molecule has 5 rings (SSSR count). The smallest absolute Gasteiger partial charge is 0.367 e. The number of H-pyrrole nitrogens is 1. The number of hydrogen-bond donors (Lipinski definition) is 2. The standard InChI is InChI=1S/C23H25N5O3S2/c29-13-14-31-19-10-9-18-22(25-19)33-23(24-18)26-21(30)20(27-28-11-1-2-12-28)15-3-5-16(6-4-15)32-17-7-8-17/h3-6,9-10,17,29H,1-2,7-8,11-14H2,(H,24,26,30)/p+1/b27-20+. The van der Waals surface area contributed by atoms with Crippen molar-refractivity contribution in [2.45, 2.75) is 35.8 Å². The number of benzene rings is 1. The Labute approximate surface area is 200 Å². The number of carbonyl (C=O) groups is 1. The highest BCUT2D eigenvalue weighted by atomic mass is 32.2. The number of hydrogen-bond acceptors (Lipinski definition) is 8. The molecule has 0 radical (unpaired) electrons. The number of pyridine rings is 1. The third-order valence-corrected chi connectivity index (χ3v) is 7.60. The first-order valence-electron chi connectivity index (χ1n) is 11.2. The molecule has 0 atom stereocenters. The molecule has 33 heavy (non-hydrogen) atoms. The van der Waals surface area contributed by atoms with Crippen LogP contribution in [0.3, 0.4) is 0 Å². The van der Waals surface area contributed by atoms with Gasteiger partial charge in [0.2, 0.25) is 0 Å². The minimum atomic E-state index is -0.277. The van der Waals surface area contributed by atoms with Gasteiger partial charge in [-0.3, -0.25) is 15.1 Å². The van der Waals surface area contributed by atoms with Crippen molar-refractivity contribution in [3.63, 3.8) is 0 Å². The zero-order valence-corrected chi connectivity index (χ0v) is 19.8. The molecule has 8 nitrogen and oxygen atoms in total. The molecule has 3 N–H and O–H groups in total. The van der Waals surface area contributed by atoms with Crippen molar-refractivity contribution in [2.24, 2.45) is 5.10 Å². The molecule has 172 valence electrons. The third-order valence-electron chi connectivity index (χ3n) is 5.35. The summed E-state index contributed by atoms with van der Waals surface area (Å²) in [4.78, 5) is 22.9. The van der Waals surface area contributed by atoms with Crippen LogP contribution < -0.4 is 15.0 Å². The fourth-order valence-corrected chi connectivity index (χ4v) is 5.44. The third kappa shape index (κ3) is 5.63. The van der Waals surface area contributed by atoms with E-state index in [4.69, 9.17) is 14.9 Å². The van der Waals surface area contributed by atoms with E-state index < -0.39 is 0 Å². The normalized spacial score (nSPS) is 16.4. The number of anilines is 1. The Balaban J connectivity index is 1.36. The van der Waals surface area contributed by atoms with Gasteiger partial charge in [-0.25, -0.2) is 4.98 Å². The number of nitrogens with one attached hydrogen (secondary N) is 2. The highest BCUT2D eigenvalue weighted by molar-refractivity contribution is 8.00. The molecule has 1 aliphatic carbocycles. The number of ether oxygens (including phenoxy) is 1. The summed E-state index contributed by atoms with van der Waals surface area (Å²) in [5.74, 6) is 0.263. The summed E-state index contributed by atoms with van der Waals surface area (Å²) in [5, 5.41) is 19.8. The van der Waals surface area contributed by atoms with E-state index in [0.717, 1.165) is 47.1 Å². The average Bonchev–Trinajstić information content (AvgIpc) is 3.31. The molecule has 3 heterocycles. The first-order valence-corrected chi connectivity index (χ1v) is 12.9. The second kappa shape index (κ2) is 10.1. The van der Waals surface area contributed by atoms with Crippen LogP contribution >= 0.6 is 23.1 Å². The number of rotatable bonds is 9. The minimum Gasteiger partial charge on any atom is -0.442 e. The lowest BCUT2D eigenvalue weighted by atomic mass is 10.1. The Morgan fingerprint density at radius 2 is 2.03 bits per heavy atom. The van der Waals surface area contributed by atoms with E-state index in [2.05, 4.69) is 27.4 Å². The predicted molar refractivity (Wildman–Crippen MR) is 130 cm³/mol. The SMILES string of the molecule is O=C(Nc1nc2ccc(OCCO)[nH+]c2s1)/C(=N/N1CCCC1)c1ccc(SC2CC2)cc1. The van der Waals surface area contributed by atoms with Crippen LogP contribution in [0.25, 0.3) is 10.3 Å². The summed E-state index contributed by atoms with van der Waals surface area (Å²) in [6.07, 6.45) is 4.74. The summed E-state index contributed by atoms with van der Waals surface area (Å²) >= 11 is 3.23. The molecule has 10 heteroatoms. The quantitative estimate of drug-likeness (QED) is 0.453. The number of aromatic nitrogens is 2. The molecule has 3 aromatic rings. The van der Waals surface area contributed by atoms with Crippen LogP contribution in [-0.2, 0) is 4.79 Å². The lowest BCUT2D eigenvalue weighted by Crippen LogP contribution is -2.27. The van der Waals surface area contributed by atoms with E-state index >= 15 is 0 Å². The van der Waals surface area contributed by atoms with Gasteiger partial charge in [0, 0.05) is 28.8 Å². The van der Waals surface area contributed by atoms with Crippen LogP contribution in [0.4, 0.5) is 5.13 Å². The van der Waals surface area contributed by atoms with Crippen LogP contribution in [0.1, 0.15) is 31.2 Å². The van der Waals surface area contributed by atoms with Gasteiger partial charge in [-0.2, -0.15) is 10.1 Å². The summed E-state index contributed by atoms with van der Waals surface area (Å²) < 4.78 is 5.42. The van der Waals surface area contributed by atoms with E-state index in [0.29, 0.717) is 16.7 Å². The second-order valence-electron chi connectivity index (χ2n) is 8.03. The van der Waals surface area contributed by atoms with Crippen LogP contribution in [0, 0.1) is 0 Å². The highest BCUT2D eigenvalue weighted by Crippen LogP contribution is 2.39. The van der Waals surface area contributed by atoms with Crippen molar-refractivity contribution in [3.8, 4) is 5.88 Å². The molecule has 0 spiro atoms. The lowest BCUT2D eigenvalue weighted by Gasteiger charge is -2.14. The van der Waals surface area contributed by atoms with Gasteiger partial charge in [0.25, 0.3) is 10.7 Å². The highest BCUT2D eigenvalue weighted by Gasteiger charge is 2.24. The number of nitrogens with zero attached hydrogens (tertiary/aromatic N) is 3. The number of hydrazone groups is 1. The number of aliphatic hydroxyl groups is 1.